The Hall–Kier alpha value is -2.29. The van der Waals surface area contributed by atoms with Crippen molar-refractivity contribution in [3.05, 3.63) is 40.2 Å². The lowest BCUT2D eigenvalue weighted by Crippen LogP contribution is -2.22. The van der Waals surface area contributed by atoms with E-state index in [9.17, 15) is 9.90 Å². The fraction of sp³-hybridized carbons (Fsp3) is 0.474. The molecule has 0 bridgehead atoms. The molecule has 3 rings (SSSR count). The number of rotatable bonds is 8. The van der Waals surface area contributed by atoms with Crippen LogP contribution in [0.1, 0.15) is 17.0 Å². The number of aromatic amines is 1. The van der Waals surface area contributed by atoms with Gasteiger partial charge in [0.25, 0.3) is 5.91 Å². The number of methoxy groups -OCH3 is 1. The smallest absolute Gasteiger partial charge is 0.255 e. The molecule has 1 amide bonds. The summed E-state index contributed by atoms with van der Waals surface area (Å²) in [6.45, 7) is 3.63. The molecule has 2 atom stereocenters. The number of primary amides is 1. The number of hydrogen-bond donors (Lipinski definition) is 3. The van der Waals surface area contributed by atoms with Crippen molar-refractivity contribution in [3.63, 3.8) is 0 Å². The second-order valence-electron chi connectivity index (χ2n) is 7.13. The molecule has 1 fully saturated rings. The number of hydrogen-bond acceptors (Lipinski definition) is 6. The summed E-state index contributed by atoms with van der Waals surface area (Å²) in [4.78, 5) is 13.1. The molecule has 2 aromatic rings. The summed E-state index contributed by atoms with van der Waals surface area (Å²) >= 11 is 6.31. The van der Waals surface area contributed by atoms with Crippen LogP contribution >= 0.6 is 11.6 Å². The van der Waals surface area contributed by atoms with Gasteiger partial charge in [-0.3, -0.25) is 14.8 Å². The van der Waals surface area contributed by atoms with Crippen LogP contribution in [0, 0.1) is 12.8 Å². The number of aryl methyl sites for hydroxylation is 1. The number of aromatic nitrogens is 2. The van der Waals surface area contributed by atoms with E-state index >= 15 is 0 Å². The summed E-state index contributed by atoms with van der Waals surface area (Å²) in [7, 11) is 1.51. The van der Waals surface area contributed by atoms with Gasteiger partial charge in [0.1, 0.15) is 0 Å². The third kappa shape index (κ3) is 4.95. The Morgan fingerprint density at radius 1 is 1.43 bits per heavy atom. The average molecular weight is 409 g/mol. The van der Waals surface area contributed by atoms with Crippen molar-refractivity contribution in [3.8, 4) is 11.5 Å². The lowest BCUT2D eigenvalue weighted by atomic mass is 10.0. The molecule has 0 saturated carbocycles. The number of aliphatic hydroxyl groups is 1. The van der Waals surface area contributed by atoms with Crippen molar-refractivity contribution in [2.75, 3.05) is 26.8 Å². The van der Waals surface area contributed by atoms with Crippen LogP contribution in [-0.2, 0) is 17.8 Å². The Morgan fingerprint density at radius 3 is 2.86 bits per heavy atom. The number of likely N-dealkylation sites (tertiary alicyclic amines) is 1. The summed E-state index contributed by atoms with van der Waals surface area (Å²) in [5, 5.41) is 18.0. The third-order valence-corrected chi connectivity index (χ3v) is 5.05. The molecule has 9 heteroatoms. The van der Waals surface area contributed by atoms with Crippen molar-refractivity contribution in [2.24, 2.45) is 11.7 Å². The van der Waals surface area contributed by atoms with Gasteiger partial charge in [0.2, 0.25) is 0 Å². The first kappa shape index (κ1) is 20.4. The summed E-state index contributed by atoms with van der Waals surface area (Å²) < 4.78 is 10.7. The Morgan fingerprint density at radius 2 is 2.21 bits per heavy atom. The maximum Gasteiger partial charge on any atom is 0.255 e. The number of carbonyl (C=O) groups excluding carboxylic acids is 1. The summed E-state index contributed by atoms with van der Waals surface area (Å²) in [5.41, 5.74) is 8.02. The van der Waals surface area contributed by atoms with Crippen LogP contribution in [0.4, 0.5) is 0 Å². The topological polar surface area (TPSA) is 114 Å². The summed E-state index contributed by atoms with van der Waals surface area (Å²) in [5.74, 6) is 0.261. The largest absolute Gasteiger partial charge is 0.493 e. The summed E-state index contributed by atoms with van der Waals surface area (Å²) in [6, 6.07) is 5.60. The van der Waals surface area contributed by atoms with Crippen molar-refractivity contribution in [2.45, 2.75) is 26.0 Å². The van der Waals surface area contributed by atoms with Gasteiger partial charge < -0.3 is 20.3 Å². The molecule has 2 heterocycles. The van der Waals surface area contributed by atoms with Crippen molar-refractivity contribution < 1.29 is 19.4 Å². The second-order valence-corrected chi connectivity index (χ2v) is 7.54. The predicted molar refractivity (Wildman–Crippen MR) is 104 cm³/mol. The zero-order valence-electron chi connectivity index (χ0n) is 15.9. The maximum atomic E-state index is 11.0. The van der Waals surface area contributed by atoms with Gasteiger partial charge >= 0.3 is 0 Å². The van der Waals surface area contributed by atoms with E-state index in [1.54, 1.807) is 6.07 Å². The number of nitrogens with zero attached hydrogens (tertiary/aromatic N) is 2. The van der Waals surface area contributed by atoms with Crippen LogP contribution in [0.2, 0.25) is 5.02 Å². The number of β-amino-alcohol motifs (C(OH)–C–C–N with tert-alkyl or cyclic N) is 1. The number of nitrogens with two attached hydrogens (primary N) is 1. The first-order chi connectivity index (χ1) is 13.4. The fourth-order valence-electron chi connectivity index (χ4n) is 3.52. The molecule has 152 valence electrons. The molecule has 8 nitrogen and oxygen atoms in total. The quantitative estimate of drug-likeness (QED) is 0.606. The molecule has 1 aromatic carbocycles. The standard InChI is InChI=1S/C19H25ClN4O4/c1-11-3-14(23-22-11)6-13-8-24(9-16(13)25)7-12-4-15(20)19(17(5-12)27-2)28-10-18(21)26/h3-5,13,16,25H,6-10H2,1-2H3,(H2,21,26)(H,22,23)/t13-,16-/m1/s1. The molecule has 1 aliphatic heterocycles. The highest BCUT2D eigenvalue weighted by Crippen LogP contribution is 2.37. The molecule has 0 radical (unpaired) electrons. The van der Waals surface area contributed by atoms with Crippen LogP contribution in [0.5, 0.6) is 11.5 Å². The summed E-state index contributed by atoms with van der Waals surface area (Å²) in [6.07, 6.45) is 0.318. The van der Waals surface area contributed by atoms with Gasteiger partial charge in [-0.1, -0.05) is 11.6 Å². The molecular weight excluding hydrogens is 384 g/mol. The highest BCUT2D eigenvalue weighted by molar-refractivity contribution is 6.32. The number of amides is 1. The molecule has 1 aromatic heterocycles. The Bertz CT molecular complexity index is 841. The molecular formula is C19H25ClN4O4. The molecule has 1 saturated heterocycles. The van der Waals surface area contributed by atoms with Crippen molar-refractivity contribution in [1.82, 2.24) is 15.1 Å². The Labute approximate surface area is 168 Å². The van der Waals surface area contributed by atoms with E-state index in [-0.39, 0.29) is 12.5 Å². The SMILES string of the molecule is COc1cc(CN2C[C@@H](Cc3cc(C)[nH]n3)[C@H](O)C2)cc(Cl)c1OCC(N)=O. The minimum Gasteiger partial charge on any atom is -0.493 e. The third-order valence-electron chi connectivity index (χ3n) is 4.77. The van der Waals surface area contributed by atoms with E-state index in [2.05, 4.69) is 15.1 Å². The number of aliphatic hydroxyl groups excluding tert-OH is 1. The van der Waals surface area contributed by atoms with Gasteiger partial charge in [-0.25, -0.2) is 0 Å². The number of halogens is 1. The monoisotopic (exact) mass is 408 g/mol. The molecule has 0 aliphatic carbocycles. The number of carbonyl (C=O) groups is 1. The molecule has 0 unspecified atom stereocenters. The van der Waals surface area contributed by atoms with Crippen LogP contribution < -0.4 is 15.2 Å². The number of H-pyrrole nitrogens is 1. The second kappa shape index (κ2) is 8.81. The predicted octanol–water partition coefficient (Wildman–Crippen LogP) is 1.28. The van der Waals surface area contributed by atoms with Gasteiger partial charge in [0, 0.05) is 31.2 Å². The lowest BCUT2D eigenvalue weighted by molar-refractivity contribution is -0.119. The van der Waals surface area contributed by atoms with Crippen molar-refractivity contribution >= 4 is 17.5 Å². The fourth-order valence-corrected chi connectivity index (χ4v) is 3.81. The average Bonchev–Trinajstić information content (AvgIpc) is 3.19. The van der Waals surface area contributed by atoms with Crippen LogP contribution in [0.3, 0.4) is 0 Å². The number of nitrogens with one attached hydrogen (secondary N) is 1. The molecule has 0 spiro atoms. The number of ether oxygens (including phenoxy) is 2. The van der Waals surface area contributed by atoms with Crippen LogP contribution in [0.25, 0.3) is 0 Å². The Balaban J connectivity index is 1.66. The van der Waals surface area contributed by atoms with E-state index in [1.807, 2.05) is 19.1 Å². The minimum absolute atomic E-state index is 0.123. The molecule has 28 heavy (non-hydrogen) atoms. The van der Waals surface area contributed by atoms with Gasteiger partial charge in [0.15, 0.2) is 18.1 Å². The van der Waals surface area contributed by atoms with Crippen LogP contribution in [0.15, 0.2) is 18.2 Å². The zero-order valence-corrected chi connectivity index (χ0v) is 16.7. The zero-order chi connectivity index (χ0) is 20.3. The van der Waals surface area contributed by atoms with Gasteiger partial charge in [-0.2, -0.15) is 5.10 Å². The van der Waals surface area contributed by atoms with Gasteiger partial charge in [0.05, 0.1) is 23.9 Å². The van der Waals surface area contributed by atoms with Gasteiger partial charge in [-0.05, 0) is 37.1 Å². The van der Waals surface area contributed by atoms with E-state index in [4.69, 9.17) is 26.8 Å². The highest BCUT2D eigenvalue weighted by Gasteiger charge is 2.32. The maximum absolute atomic E-state index is 11.0. The lowest BCUT2D eigenvalue weighted by Gasteiger charge is -2.18. The van der Waals surface area contributed by atoms with E-state index < -0.39 is 12.0 Å². The number of benzene rings is 1. The van der Waals surface area contributed by atoms with E-state index in [1.165, 1.54) is 7.11 Å². The highest BCUT2D eigenvalue weighted by atomic mass is 35.5. The van der Waals surface area contributed by atoms with E-state index in [0.717, 1.165) is 29.9 Å². The van der Waals surface area contributed by atoms with E-state index in [0.29, 0.717) is 29.6 Å². The van der Waals surface area contributed by atoms with Crippen LogP contribution in [-0.4, -0.2) is 59.0 Å². The first-order valence-electron chi connectivity index (χ1n) is 9.04. The minimum atomic E-state index is -0.591. The normalized spacial score (nSPS) is 19.7. The van der Waals surface area contributed by atoms with Crippen molar-refractivity contribution in [1.29, 1.82) is 0 Å². The first-order valence-corrected chi connectivity index (χ1v) is 9.42. The molecule has 4 N–H and O–H groups in total. The van der Waals surface area contributed by atoms with Gasteiger partial charge in [-0.15, -0.1) is 0 Å². The Kier molecular flexibility index (Phi) is 6.43. The molecule has 1 aliphatic rings.